The fourth-order valence-corrected chi connectivity index (χ4v) is 2.37. The van der Waals surface area contributed by atoms with Crippen molar-refractivity contribution in [3.63, 3.8) is 0 Å². The summed E-state index contributed by atoms with van der Waals surface area (Å²) in [6, 6.07) is 18.6. The summed E-state index contributed by atoms with van der Waals surface area (Å²) >= 11 is 5.98. The maximum absolute atomic E-state index is 5.98. The third-order valence-electron chi connectivity index (χ3n) is 3.34. The highest BCUT2D eigenvalue weighted by Gasteiger charge is 2.19. The zero-order valence-corrected chi connectivity index (χ0v) is 12.2. The van der Waals surface area contributed by atoms with Crippen molar-refractivity contribution in [3.05, 3.63) is 70.7 Å². The summed E-state index contributed by atoms with van der Waals surface area (Å²) in [5.74, 6) is 0. The van der Waals surface area contributed by atoms with Crippen LogP contribution in [-0.4, -0.2) is 6.54 Å². The van der Waals surface area contributed by atoms with Crippen molar-refractivity contribution in [1.82, 2.24) is 5.32 Å². The molecule has 0 aliphatic heterocycles. The van der Waals surface area contributed by atoms with Crippen molar-refractivity contribution in [3.8, 4) is 0 Å². The second-order valence-corrected chi connectivity index (χ2v) is 5.92. The monoisotopic (exact) mass is 273 g/mol. The molecule has 1 nitrogen and oxygen atoms in total. The van der Waals surface area contributed by atoms with Gasteiger partial charge in [-0.05, 0) is 23.3 Å². The van der Waals surface area contributed by atoms with Gasteiger partial charge in [0, 0.05) is 23.5 Å². The van der Waals surface area contributed by atoms with E-state index >= 15 is 0 Å². The van der Waals surface area contributed by atoms with Gasteiger partial charge in [-0.1, -0.05) is 67.9 Å². The second-order valence-electron chi connectivity index (χ2n) is 5.48. The van der Waals surface area contributed by atoms with Gasteiger partial charge in [-0.3, -0.25) is 0 Å². The standard InChI is InChI=1S/C17H20ClN/c1-17(2,15-8-4-3-5-9-15)13-19-12-14-7-6-10-16(18)11-14/h3-11,19H,12-13H2,1-2H3. The Bertz CT molecular complexity index is 520. The molecule has 2 aromatic carbocycles. The minimum absolute atomic E-state index is 0.125. The van der Waals surface area contributed by atoms with Gasteiger partial charge < -0.3 is 5.32 Å². The molecule has 0 unspecified atom stereocenters. The molecular weight excluding hydrogens is 254 g/mol. The van der Waals surface area contributed by atoms with Gasteiger partial charge in [-0.25, -0.2) is 0 Å². The number of hydrogen-bond donors (Lipinski definition) is 1. The van der Waals surface area contributed by atoms with Gasteiger partial charge in [0.15, 0.2) is 0 Å². The molecule has 0 bridgehead atoms. The third kappa shape index (κ3) is 4.09. The molecule has 19 heavy (non-hydrogen) atoms. The average Bonchev–Trinajstić information content (AvgIpc) is 2.40. The highest BCUT2D eigenvalue weighted by atomic mass is 35.5. The Hall–Kier alpha value is -1.31. The van der Waals surface area contributed by atoms with Gasteiger partial charge in [-0.2, -0.15) is 0 Å². The Labute approximate surface area is 120 Å². The zero-order chi connectivity index (χ0) is 13.7. The molecule has 0 radical (unpaired) electrons. The quantitative estimate of drug-likeness (QED) is 0.851. The molecule has 1 N–H and O–H groups in total. The molecule has 0 spiro atoms. The SMILES string of the molecule is CC(C)(CNCc1cccc(Cl)c1)c1ccccc1. The number of halogens is 1. The maximum Gasteiger partial charge on any atom is 0.0409 e. The third-order valence-corrected chi connectivity index (χ3v) is 3.58. The van der Waals surface area contributed by atoms with Crippen LogP contribution in [-0.2, 0) is 12.0 Å². The minimum atomic E-state index is 0.125. The first kappa shape index (κ1) is 14.1. The molecular formula is C17H20ClN. The van der Waals surface area contributed by atoms with E-state index in [2.05, 4.69) is 55.6 Å². The first-order valence-electron chi connectivity index (χ1n) is 6.59. The van der Waals surface area contributed by atoms with Gasteiger partial charge in [0.2, 0.25) is 0 Å². The van der Waals surface area contributed by atoms with Crippen LogP contribution in [0.5, 0.6) is 0 Å². The van der Waals surface area contributed by atoms with E-state index in [1.807, 2.05) is 18.2 Å². The van der Waals surface area contributed by atoms with Crippen molar-refractivity contribution in [2.75, 3.05) is 6.54 Å². The number of benzene rings is 2. The molecule has 0 aromatic heterocycles. The molecule has 0 saturated heterocycles. The second kappa shape index (κ2) is 6.23. The van der Waals surface area contributed by atoms with Crippen LogP contribution >= 0.6 is 11.6 Å². The van der Waals surface area contributed by atoms with Gasteiger partial charge in [-0.15, -0.1) is 0 Å². The molecule has 0 saturated carbocycles. The predicted octanol–water partition coefficient (Wildman–Crippen LogP) is 4.41. The summed E-state index contributed by atoms with van der Waals surface area (Å²) < 4.78 is 0. The van der Waals surface area contributed by atoms with Crippen molar-refractivity contribution >= 4 is 11.6 Å². The molecule has 2 aromatic rings. The number of nitrogens with one attached hydrogen (secondary N) is 1. The van der Waals surface area contributed by atoms with Crippen LogP contribution in [0.25, 0.3) is 0 Å². The summed E-state index contributed by atoms with van der Waals surface area (Å²) in [5.41, 5.74) is 2.70. The van der Waals surface area contributed by atoms with Crippen LogP contribution in [0, 0.1) is 0 Å². The molecule has 2 heteroatoms. The van der Waals surface area contributed by atoms with Crippen molar-refractivity contribution in [2.45, 2.75) is 25.8 Å². The first-order valence-corrected chi connectivity index (χ1v) is 6.96. The summed E-state index contributed by atoms with van der Waals surface area (Å²) in [5, 5.41) is 4.30. The molecule has 0 atom stereocenters. The molecule has 100 valence electrons. The Morgan fingerprint density at radius 2 is 1.74 bits per heavy atom. The van der Waals surface area contributed by atoms with E-state index in [1.54, 1.807) is 0 Å². The highest BCUT2D eigenvalue weighted by Crippen LogP contribution is 2.21. The molecule has 0 fully saturated rings. The molecule has 0 aliphatic rings. The summed E-state index contributed by atoms with van der Waals surface area (Å²) in [6.07, 6.45) is 0. The minimum Gasteiger partial charge on any atom is -0.312 e. The fraction of sp³-hybridized carbons (Fsp3) is 0.294. The zero-order valence-electron chi connectivity index (χ0n) is 11.5. The van der Waals surface area contributed by atoms with Gasteiger partial charge in [0.25, 0.3) is 0 Å². The Balaban J connectivity index is 1.92. The lowest BCUT2D eigenvalue weighted by atomic mass is 9.84. The number of hydrogen-bond acceptors (Lipinski definition) is 1. The van der Waals surface area contributed by atoms with Gasteiger partial charge in [0.1, 0.15) is 0 Å². The van der Waals surface area contributed by atoms with Crippen LogP contribution in [0.15, 0.2) is 54.6 Å². The van der Waals surface area contributed by atoms with Crippen LogP contribution < -0.4 is 5.32 Å². The Kier molecular flexibility index (Phi) is 4.62. The largest absolute Gasteiger partial charge is 0.312 e. The van der Waals surface area contributed by atoms with Crippen molar-refractivity contribution < 1.29 is 0 Å². The summed E-state index contributed by atoms with van der Waals surface area (Å²) in [7, 11) is 0. The first-order chi connectivity index (χ1) is 9.08. The van der Waals surface area contributed by atoms with Crippen molar-refractivity contribution in [1.29, 1.82) is 0 Å². The Morgan fingerprint density at radius 3 is 2.42 bits per heavy atom. The average molecular weight is 274 g/mol. The lowest BCUT2D eigenvalue weighted by Crippen LogP contribution is -2.32. The van der Waals surface area contributed by atoms with Crippen LogP contribution in [0.1, 0.15) is 25.0 Å². The molecule has 0 aliphatic carbocycles. The van der Waals surface area contributed by atoms with E-state index in [1.165, 1.54) is 11.1 Å². The Morgan fingerprint density at radius 1 is 1.00 bits per heavy atom. The van der Waals surface area contributed by atoms with Gasteiger partial charge in [0.05, 0.1) is 0 Å². The van der Waals surface area contributed by atoms with E-state index in [0.29, 0.717) is 0 Å². The van der Waals surface area contributed by atoms with E-state index in [-0.39, 0.29) is 5.41 Å². The van der Waals surface area contributed by atoms with Crippen molar-refractivity contribution in [2.24, 2.45) is 0 Å². The van der Waals surface area contributed by atoms with Crippen LogP contribution in [0.2, 0.25) is 5.02 Å². The van der Waals surface area contributed by atoms with E-state index < -0.39 is 0 Å². The van der Waals surface area contributed by atoms with E-state index in [0.717, 1.165) is 18.1 Å². The van der Waals surface area contributed by atoms with Gasteiger partial charge >= 0.3 is 0 Å². The lowest BCUT2D eigenvalue weighted by molar-refractivity contribution is 0.469. The summed E-state index contributed by atoms with van der Waals surface area (Å²) in [6.45, 7) is 6.29. The lowest BCUT2D eigenvalue weighted by Gasteiger charge is -2.25. The summed E-state index contributed by atoms with van der Waals surface area (Å²) in [4.78, 5) is 0. The smallest absolute Gasteiger partial charge is 0.0409 e. The normalized spacial score (nSPS) is 11.5. The highest BCUT2D eigenvalue weighted by molar-refractivity contribution is 6.30. The number of rotatable bonds is 5. The maximum atomic E-state index is 5.98. The van der Waals surface area contributed by atoms with E-state index in [9.17, 15) is 0 Å². The van der Waals surface area contributed by atoms with Crippen LogP contribution in [0.4, 0.5) is 0 Å². The molecule has 2 rings (SSSR count). The van der Waals surface area contributed by atoms with E-state index in [4.69, 9.17) is 11.6 Å². The molecule has 0 heterocycles. The topological polar surface area (TPSA) is 12.0 Å². The molecule has 0 amide bonds. The fourth-order valence-electron chi connectivity index (χ4n) is 2.16. The van der Waals surface area contributed by atoms with Crippen LogP contribution in [0.3, 0.4) is 0 Å². The predicted molar refractivity (Wildman–Crippen MR) is 82.6 cm³/mol.